The summed E-state index contributed by atoms with van der Waals surface area (Å²) in [5, 5.41) is 0.437. The van der Waals surface area contributed by atoms with Crippen LogP contribution in [0.1, 0.15) is 5.56 Å². The van der Waals surface area contributed by atoms with Gasteiger partial charge in [-0.25, -0.2) is 0 Å². The summed E-state index contributed by atoms with van der Waals surface area (Å²) in [6.45, 7) is -0.0624. The summed E-state index contributed by atoms with van der Waals surface area (Å²) in [5.41, 5.74) is 1.37. The molecule has 0 atom stereocenters. The Morgan fingerprint density at radius 2 is 2.04 bits per heavy atom. The Morgan fingerprint density at radius 1 is 1.25 bits per heavy atom. The molecule has 0 aliphatic carbocycles. The van der Waals surface area contributed by atoms with Crippen LogP contribution in [0.15, 0.2) is 47.3 Å². The number of aromatic nitrogens is 1. The summed E-state index contributed by atoms with van der Waals surface area (Å²) in [6.07, 6.45) is 0. The lowest BCUT2D eigenvalue weighted by atomic mass is 10.2. The number of para-hydroxylation sites is 1. The van der Waals surface area contributed by atoms with Gasteiger partial charge in [0.1, 0.15) is 18.9 Å². The molecule has 3 aromatic rings. The zero-order valence-corrected chi connectivity index (χ0v) is 14.4. The summed E-state index contributed by atoms with van der Waals surface area (Å²) in [5.74, 6) is 0.190. The van der Waals surface area contributed by atoms with Gasteiger partial charge in [-0.1, -0.05) is 41.1 Å². The summed E-state index contributed by atoms with van der Waals surface area (Å²) in [4.78, 5) is 23.9. The van der Waals surface area contributed by atoms with Gasteiger partial charge in [0, 0.05) is 0 Å². The number of nitrogens with zero attached hydrogens (tertiary/aromatic N) is 1. The third-order valence-electron chi connectivity index (χ3n) is 3.46. The molecule has 0 saturated carbocycles. The molecular weight excluding hydrogens is 350 g/mol. The second-order valence-corrected chi connectivity index (χ2v) is 6.45. The predicted molar refractivity (Wildman–Crippen MR) is 93.9 cm³/mol. The highest BCUT2D eigenvalue weighted by atomic mass is 35.5. The average Bonchev–Trinajstić information content (AvgIpc) is 2.90. The first-order valence-corrected chi connectivity index (χ1v) is 8.34. The lowest BCUT2D eigenvalue weighted by molar-refractivity contribution is -0.145. The fraction of sp³-hybridized carbons (Fsp3) is 0.176. The first-order valence-electron chi connectivity index (χ1n) is 7.15. The van der Waals surface area contributed by atoms with Gasteiger partial charge in [0.2, 0.25) is 0 Å². The monoisotopic (exact) mass is 363 g/mol. The molecule has 0 amide bonds. The van der Waals surface area contributed by atoms with Gasteiger partial charge in [-0.2, -0.15) is 0 Å². The molecule has 0 saturated heterocycles. The minimum Gasteiger partial charge on any atom is -0.497 e. The largest absolute Gasteiger partial charge is 0.497 e. The Hall–Kier alpha value is -2.31. The molecule has 124 valence electrons. The van der Waals surface area contributed by atoms with Gasteiger partial charge in [0.25, 0.3) is 0 Å². The first kappa shape index (κ1) is 16.5. The number of rotatable bonds is 5. The minimum atomic E-state index is -0.500. The lowest BCUT2D eigenvalue weighted by Crippen LogP contribution is -2.21. The Bertz CT molecular complexity index is 947. The third kappa shape index (κ3) is 3.44. The zero-order chi connectivity index (χ0) is 17.1. The van der Waals surface area contributed by atoms with E-state index in [9.17, 15) is 9.59 Å². The second kappa shape index (κ2) is 7.07. The van der Waals surface area contributed by atoms with E-state index in [0.29, 0.717) is 16.3 Å². The Morgan fingerprint density at radius 3 is 2.83 bits per heavy atom. The smallest absolute Gasteiger partial charge is 0.326 e. The molecule has 0 unspecified atom stereocenters. The van der Waals surface area contributed by atoms with Crippen molar-refractivity contribution in [2.24, 2.45) is 0 Å². The summed E-state index contributed by atoms with van der Waals surface area (Å²) >= 11 is 7.20. The van der Waals surface area contributed by atoms with Crippen LogP contribution in [0, 0.1) is 0 Å². The van der Waals surface area contributed by atoms with E-state index in [4.69, 9.17) is 21.1 Å². The number of carbonyl (C=O) groups excluding carboxylic acids is 1. The van der Waals surface area contributed by atoms with Crippen LogP contribution >= 0.6 is 22.9 Å². The maximum atomic E-state index is 12.1. The maximum absolute atomic E-state index is 12.1. The van der Waals surface area contributed by atoms with Crippen molar-refractivity contribution in [2.45, 2.75) is 13.2 Å². The lowest BCUT2D eigenvalue weighted by Gasteiger charge is -2.08. The molecule has 7 heteroatoms. The van der Waals surface area contributed by atoms with Crippen LogP contribution in [0.3, 0.4) is 0 Å². The van der Waals surface area contributed by atoms with E-state index in [1.165, 1.54) is 4.57 Å². The molecule has 1 heterocycles. The predicted octanol–water partition coefficient (Wildman–Crippen LogP) is 3.47. The molecule has 0 aliphatic heterocycles. The number of halogens is 1. The van der Waals surface area contributed by atoms with Crippen molar-refractivity contribution in [1.82, 2.24) is 4.57 Å². The Balaban J connectivity index is 1.73. The molecule has 0 fully saturated rings. The van der Waals surface area contributed by atoms with Crippen molar-refractivity contribution < 1.29 is 14.3 Å². The number of hydrogen-bond acceptors (Lipinski definition) is 5. The van der Waals surface area contributed by atoms with E-state index >= 15 is 0 Å². The molecule has 2 aromatic carbocycles. The number of hydrogen-bond donors (Lipinski definition) is 0. The first-order chi connectivity index (χ1) is 11.6. The molecule has 0 spiro atoms. The molecular formula is C17H14ClNO4S. The van der Waals surface area contributed by atoms with Gasteiger partial charge >= 0.3 is 10.8 Å². The van der Waals surface area contributed by atoms with Crippen LogP contribution in [0.25, 0.3) is 10.2 Å². The molecule has 0 radical (unpaired) electrons. The fourth-order valence-corrected chi connectivity index (χ4v) is 3.57. The maximum Gasteiger partial charge on any atom is 0.326 e. The molecule has 3 rings (SSSR count). The van der Waals surface area contributed by atoms with Gasteiger partial charge in [0.05, 0.1) is 22.3 Å². The van der Waals surface area contributed by atoms with Gasteiger partial charge in [-0.15, -0.1) is 0 Å². The van der Waals surface area contributed by atoms with E-state index in [2.05, 4.69) is 0 Å². The quantitative estimate of drug-likeness (QED) is 0.651. The number of fused-ring (bicyclic) bond motifs is 1. The van der Waals surface area contributed by atoms with E-state index in [1.807, 2.05) is 18.2 Å². The van der Waals surface area contributed by atoms with Crippen LogP contribution in [-0.2, 0) is 22.7 Å². The van der Waals surface area contributed by atoms with E-state index in [0.717, 1.165) is 21.6 Å². The highest BCUT2D eigenvalue weighted by Gasteiger charge is 2.14. The minimum absolute atomic E-state index is 0.112. The van der Waals surface area contributed by atoms with Crippen molar-refractivity contribution in [3.8, 4) is 5.75 Å². The average molecular weight is 364 g/mol. The standard InChI is InChI=1S/C17H14ClNO4S/c1-22-12-5-2-4-11(8-12)10-23-15(20)9-19-16-13(18)6-3-7-14(16)24-17(19)21/h2-8H,9-10H2,1H3. The van der Waals surface area contributed by atoms with Crippen molar-refractivity contribution in [3.63, 3.8) is 0 Å². The van der Waals surface area contributed by atoms with E-state index < -0.39 is 5.97 Å². The fourth-order valence-electron chi connectivity index (χ4n) is 2.32. The number of benzene rings is 2. The number of carbonyl (C=O) groups is 1. The van der Waals surface area contributed by atoms with Crippen molar-refractivity contribution in [2.75, 3.05) is 7.11 Å². The SMILES string of the molecule is COc1cccc(COC(=O)Cn2c(=O)sc3cccc(Cl)c32)c1. The highest BCUT2D eigenvalue weighted by molar-refractivity contribution is 7.16. The summed E-state index contributed by atoms with van der Waals surface area (Å²) in [7, 11) is 1.57. The van der Waals surface area contributed by atoms with Gasteiger partial charge in [-0.3, -0.25) is 14.2 Å². The molecule has 0 N–H and O–H groups in total. The summed E-state index contributed by atoms with van der Waals surface area (Å²) < 4.78 is 12.5. The van der Waals surface area contributed by atoms with E-state index in [1.54, 1.807) is 31.4 Å². The zero-order valence-electron chi connectivity index (χ0n) is 12.8. The van der Waals surface area contributed by atoms with Gasteiger partial charge in [0.15, 0.2) is 0 Å². The van der Waals surface area contributed by atoms with Crippen molar-refractivity contribution >= 4 is 39.1 Å². The molecule has 24 heavy (non-hydrogen) atoms. The summed E-state index contributed by atoms with van der Waals surface area (Å²) in [6, 6.07) is 12.5. The number of thiazole rings is 1. The van der Waals surface area contributed by atoms with Crippen LogP contribution in [-0.4, -0.2) is 17.6 Å². The van der Waals surface area contributed by atoms with Crippen LogP contribution in [0.2, 0.25) is 5.02 Å². The van der Waals surface area contributed by atoms with Crippen molar-refractivity contribution in [3.05, 3.63) is 62.7 Å². The van der Waals surface area contributed by atoms with Crippen molar-refractivity contribution in [1.29, 1.82) is 0 Å². The van der Waals surface area contributed by atoms with Crippen LogP contribution < -0.4 is 9.61 Å². The topological polar surface area (TPSA) is 57.5 Å². The van der Waals surface area contributed by atoms with Gasteiger partial charge in [-0.05, 0) is 29.8 Å². The van der Waals surface area contributed by atoms with E-state index in [-0.39, 0.29) is 18.0 Å². The van der Waals surface area contributed by atoms with Crippen LogP contribution in [0.4, 0.5) is 0 Å². The Labute approximate surface area is 147 Å². The molecule has 1 aromatic heterocycles. The third-order valence-corrected chi connectivity index (χ3v) is 4.71. The molecule has 5 nitrogen and oxygen atoms in total. The Kier molecular flexibility index (Phi) is 4.87. The normalized spacial score (nSPS) is 10.8. The number of esters is 1. The number of ether oxygens (including phenoxy) is 2. The second-order valence-electron chi connectivity index (χ2n) is 5.05. The van der Waals surface area contributed by atoms with Crippen LogP contribution in [0.5, 0.6) is 5.75 Å². The van der Waals surface area contributed by atoms with Gasteiger partial charge < -0.3 is 9.47 Å². The molecule has 0 aliphatic rings. The molecule has 0 bridgehead atoms. The highest BCUT2D eigenvalue weighted by Crippen LogP contribution is 2.25. The number of methoxy groups -OCH3 is 1.